The van der Waals surface area contributed by atoms with Gasteiger partial charge in [-0.2, -0.15) is 0 Å². The number of rotatable bonds is 4. The number of carbonyl (C=O) groups is 1. The minimum atomic E-state index is -0.137. The standard InChI is InChI=1S/C20H16N4O/c25-20(22-13-16-6-4-5-11-21-16)15-9-10-19-18(12-15)23-14-24(19)17-7-2-1-3-8-17/h1-12,14H,13H2,(H,22,25). The Bertz CT molecular complexity index is 1010. The number of nitrogens with zero attached hydrogens (tertiary/aromatic N) is 3. The summed E-state index contributed by atoms with van der Waals surface area (Å²) >= 11 is 0. The Kier molecular flexibility index (Phi) is 3.96. The van der Waals surface area contributed by atoms with E-state index in [2.05, 4.69) is 15.3 Å². The van der Waals surface area contributed by atoms with Crippen LogP contribution in [0.5, 0.6) is 0 Å². The lowest BCUT2D eigenvalue weighted by Crippen LogP contribution is -2.23. The summed E-state index contributed by atoms with van der Waals surface area (Å²) in [5, 5.41) is 2.88. The molecular weight excluding hydrogens is 312 g/mol. The zero-order valence-corrected chi connectivity index (χ0v) is 13.5. The van der Waals surface area contributed by atoms with Gasteiger partial charge in [0.05, 0.1) is 23.3 Å². The van der Waals surface area contributed by atoms with Crippen LogP contribution in [0.15, 0.2) is 79.3 Å². The van der Waals surface area contributed by atoms with Gasteiger partial charge >= 0.3 is 0 Å². The molecule has 1 amide bonds. The van der Waals surface area contributed by atoms with Crippen LogP contribution in [0.2, 0.25) is 0 Å². The Morgan fingerprint density at radius 3 is 2.60 bits per heavy atom. The summed E-state index contributed by atoms with van der Waals surface area (Å²) < 4.78 is 2.00. The summed E-state index contributed by atoms with van der Waals surface area (Å²) in [6, 6.07) is 21.2. The maximum absolute atomic E-state index is 12.4. The maximum atomic E-state index is 12.4. The summed E-state index contributed by atoms with van der Waals surface area (Å²) in [7, 11) is 0. The van der Waals surface area contributed by atoms with Crippen LogP contribution in [0.25, 0.3) is 16.7 Å². The topological polar surface area (TPSA) is 59.8 Å². The van der Waals surface area contributed by atoms with E-state index >= 15 is 0 Å². The minimum Gasteiger partial charge on any atom is -0.346 e. The van der Waals surface area contributed by atoms with E-state index in [0.29, 0.717) is 12.1 Å². The van der Waals surface area contributed by atoms with Gasteiger partial charge in [0.2, 0.25) is 0 Å². The molecule has 0 aliphatic carbocycles. The summed E-state index contributed by atoms with van der Waals surface area (Å²) in [5.74, 6) is -0.137. The molecule has 0 aliphatic rings. The highest BCUT2D eigenvalue weighted by Gasteiger charge is 2.10. The van der Waals surface area contributed by atoms with Gasteiger partial charge in [-0.3, -0.25) is 14.3 Å². The molecule has 122 valence electrons. The molecule has 0 radical (unpaired) electrons. The summed E-state index contributed by atoms with van der Waals surface area (Å²) in [4.78, 5) is 21.0. The van der Waals surface area contributed by atoms with Gasteiger partial charge in [-0.05, 0) is 42.5 Å². The first-order valence-electron chi connectivity index (χ1n) is 8.02. The molecule has 0 aliphatic heterocycles. The molecule has 4 rings (SSSR count). The van der Waals surface area contributed by atoms with Gasteiger partial charge in [0.25, 0.3) is 5.91 Å². The van der Waals surface area contributed by atoms with Crippen molar-refractivity contribution in [3.8, 4) is 5.69 Å². The zero-order valence-electron chi connectivity index (χ0n) is 13.5. The molecule has 1 N–H and O–H groups in total. The number of carbonyl (C=O) groups excluding carboxylic acids is 1. The summed E-state index contributed by atoms with van der Waals surface area (Å²) in [6.45, 7) is 0.399. The first kappa shape index (κ1) is 15.1. The van der Waals surface area contributed by atoms with Gasteiger partial charge in [-0.1, -0.05) is 24.3 Å². The van der Waals surface area contributed by atoms with Gasteiger partial charge in [0, 0.05) is 17.4 Å². The molecule has 0 atom stereocenters. The molecule has 0 saturated carbocycles. The van der Waals surface area contributed by atoms with Crippen LogP contribution in [-0.4, -0.2) is 20.4 Å². The van der Waals surface area contributed by atoms with E-state index in [-0.39, 0.29) is 5.91 Å². The fraction of sp³-hybridized carbons (Fsp3) is 0.0500. The summed E-state index contributed by atoms with van der Waals surface area (Å²) in [5.41, 5.74) is 4.20. The average molecular weight is 328 g/mol. The SMILES string of the molecule is O=C(NCc1ccccn1)c1ccc2c(c1)ncn2-c1ccccc1. The van der Waals surface area contributed by atoms with Crippen LogP contribution in [0.3, 0.4) is 0 Å². The van der Waals surface area contributed by atoms with Crippen molar-refractivity contribution in [3.63, 3.8) is 0 Å². The molecule has 5 nitrogen and oxygen atoms in total. The van der Waals surface area contributed by atoms with Crippen LogP contribution >= 0.6 is 0 Å². The van der Waals surface area contributed by atoms with Crippen LogP contribution in [0, 0.1) is 0 Å². The van der Waals surface area contributed by atoms with Crippen molar-refractivity contribution >= 4 is 16.9 Å². The zero-order chi connectivity index (χ0) is 17.1. The number of hydrogen-bond acceptors (Lipinski definition) is 3. The number of hydrogen-bond donors (Lipinski definition) is 1. The molecule has 4 aromatic rings. The highest BCUT2D eigenvalue weighted by Crippen LogP contribution is 2.19. The third-order valence-electron chi connectivity index (χ3n) is 4.00. The number of nitrogens with one attached hydrogen (secondary N) is 1. The van der Waals surface area contributed by atoms with Crippen molar-refractivity contribution in [2.45, 2.75) is 6.54 Å². The predicted octanol–water partition coefficient (Wildman–Crippen LogP) is 3.35. The van der Waals surface area contributed by atoms with Crippen molar-refractivity contribution in [2.24, 2.45) is 0 Å². The smallest absolute Gasteiger partial charge is 0.251 e. The van der Waals surface area contributed by atoms with Gasteiger partial charge in [0.15, 0.2) is 0 Å². The Morgan fingerprint density at radius 2 is 1.80 bits per heavy atom. The molecule has 0 unspecified atom stereocenters. The normalized spacial score (nSPS) is 10.7. The van der Waals surface area contributed by atoms with Crippen molar-refractivity contribution in [1.82, 2.24) is 19.9 Å². The highest BCUT2D eigenvalue weighted by molar-refractivity contribution is 5.97. The van der Waals surface area contributed by atoms with Crippen molar-refractivity contribution in [3.05, 3.63) is 90.5 Å². The van der Waals surface area contributed by atoms with Gasteiger partial charge in [-0.15, -0.1) is 0 Å². The maximum Gasteiger partial charge on any atom is 0.251 e. The number of pyridine rings is 1. The van der Waals surface area contributed by atoms with E-state index in [1.54, 1.807) is 12.5 Å². The lowest BCUT2D eigenvalue weighted by atomic mass is 10.2. The molecule has 5 heteroatoms. The van der Waals surface area contributed by atoms with Crippen molar-refractivity contribution < 1.29 is 4.79 Å². The molecule has 2 heterocycles. The molecule has 2 aromatic heterocycles. The molecule has 0 bridgehead atoms. The number of para-hydroxylation sites is 1. The largest absolute Gasteiger partial charge is 0.346 e. The number of fused-ring (bicyclic) bond motifs is 1. The number of benzene rings is 2. The number of imidazole rings is 1. The quantitative estimate of drug-likeness (QED) is 0.625. The van der Waals surface area contributed by atoms with Crippen molar-refractivity contribution in [1.29, 1.82) is 0 Å². The third-order valence-corrected chi connectivity index (χ3v) is 4.00. The van der Waals surface area contributed by atoms with Crippen LogP contribution in [0.4, 0.5) is 0 Å². The minimum absolute atomic E-state index is 0.137. The number of amides is 1. The monoisotopic (exact) mass is 328 g/mol. The van der Waals surface area contributed by atoms with E-state index in [1.807, 2.05) is 71.3 Å². The summed E-state index contributed by atoms with van der Waals surface area (Å²) in [6.07, 6.45) is 3.49. The molecule has 2 aromatic carbocycles. The highest BCUT2D eigenvalue weighted by atomic mass is 16.1. The van der Waals surface area contributed by atoms with Crippen LogP contribution < -0.4 is 5.32 Å². The van der Waals surface area contributed by atoms with Gasteiger partial charge in [-0.25, -0.2) is 4.98 Å². The Labute approximate surface area is 145 Å². The lowest BCUT2D eigenvalue weighted by Gasteiger charge is -2.06. The van der Waals surface area contributed by atoms with E-state index in [1.165, 1.54) is 0 Å². The molecular formula is C20H16N4O. The predicted molar refractivity (Wildman–Crippen MR) is 96.5 cm³/mol. The van der Waals surface area contributed by atoms with Crippen molar-refractivity contribution in [2.75, 3.05) is 0 Å². The second kappa shape index (κ2) is 6.57. The first-order valence-corrected chi connectivity index (χ1v) is 8.02. The first-order chi connectivity index (χ1) is 12.3. The molecule has 0 saturated heterocycles. The average Bonchev–Trinajstić information content (AvgIpc) is 3.11. The van der Waals surface area contributed by atoms with Gasteiger partial charge < -0.3 is 5.32 Å². The Hall–Kier alpha value is -3.47. The molecule has 0 fully saturated rings. The third kappa shape index (κ3) is 3.12. The fourth-order valence-corrected chi connectivity index (χ4v) is 2.72. The number of aromatic nitrogens is 3. The molecule has 0 spiro atoms. The molecule has 25 heavy (non-hydrogen) atoms. The van der Waals surface area contributed by atoms with Gasteiger partial charge in [0.1, 0.15) is 6.33 Å². The second-order valence-electron chi connectivity index (χ2n) is 5.66. The van der Waals surface area contributed by atoms with E-state index in [9.17, 15) is 4.79 Å². The second-order valence-corrected chi connectivity index (χ2v) is 5.66. The lowest BCUT2D eigenvalue weighted by molar-refractivity contribution is 0.0950. The fourth-order valence-electron chi connectivity index (χ4n) is 2.72. The van der Waals surface area contributed by atoms with E-state index in [4.69, 9.17) is 0 Å². The Balaban J connectivity index is 1.56. The Morgan fingerprint density at radius 1 is 0.960 bits per heavy atom. The van der Waals surface area contributed by atoms with Crippen LogP contribution in [0.1, 0.15) is 16.1 Å². The van der Waals surface area contributed by atoms with E-state index < -0.39 is 0 Å². The van der Waals surface area contributed by atoms with Crippen LogP contribution in [-0.2, 0) is 6.54 Å². The van der Waals surface area contributed by atoms with E-state index in [0.717, 1.165) is 22.4 Å².